The van der Waals surface area contributed by atoms with Gasteiger partial charge in [-0.25, -0.2) is 0 Å². The van der Waals surface area contributed by atoms with Gasteiger partial charge < -0.3 is 5.73 Å². The Morgan fingerprint density at radius 2 is 2.21 bits per heavy atom. The highest BCUT2D eigenvalue weighted by Crippen LogP contribution is 2.33. The monoisotopic (exact) mass is 215 g/mol. The molecular weight excluding hydrogens is 190 g/mol. The minimum Gasteiger partial charge on any atom is -0.327 e. The molecule has 1 fully saturated rings. The van der Waals surface area contributed by atoms with Crippen molar-refractivity contribution in [2.24, 2.45) is 17.6 Å². The second-order valence-electron chi connectivity index (χ2n) is 4.65. The average molecular weight is 215 g/mol. The topological polar surface area (TPSA) is 26.0 Å². The fourth-order valence-corrected chi connectivity index (χ4v) is 3.09. The number of hydrogen-bond donors (Lipinski definition) is 1. The fraction of sp³-hybridized carbons (Fsp3) is 1.00. The molecule has 0 spiro atoms. The van der Waals surface area contributed by atoms with Crippen molar-refractivity contribution in [3.63, 3.8) is 0 Å². The second-order valence-corrected chi connectivity index (χ2v) is 5.63. The number of nitrogens with two attached hydrogens (primary N) is 1. The summed E-state index contributed by atoms with van der Waals surface area (Å²) in [6, 6.07) is 0.469. The van der Waals surface area contributed by atoms with Crippen LogP contribution in [0.15, 0.2) is 0 Å². The third kappa shape index (κ3) is 3.82. The van der Waals surface area contributed by atoms with Gasteiger partial charge in [0.15, 0.2) is 0 Å². The molecule has 0 aliphatic heterocycles. The van der Waals surface area contributed by atoms with Gasteiger partial charge in [0.25, 0.3) is 0 Å². The van der Waals surface area contributed by atoms with E-state index in [0.29, 0.717) is 6.04 Å². The van der Waals surface area contributed by atoms with E-state index in [4.69, 9.17) is 5.73 Å². The van der Waals surface area contributed by atoms with Crippen LogP contribution in [-0.2, 0) is 0 Å². The van der Waals surface area contributed by atoms with Gasteiger partial charge in [-0.3, -0.25) is 0 Å². The van der Waals surface area contributed by atoms with Crippen molar-refractivity contribution in [2.75, 3.05) is 12.0 Å². The Morgan fingerprint density at radius 3 is 2.86 bits per heavy atom. The standard InChI is InChI=1S/C12H25NS/c1-3-10-5-4-6-11(9-10)12(13)7-8-14-2/h10-12H,3-9,13H2,1-2H3. The molecule has 0 aromatic heterocycles. The van der Waals surface area contributed by atoms with Gasteiger partial charge in [-0.05, 0) is 43.1 Å². The van der Waals surface area contributed by atoms with Gasteiger partial charge in [-0.1, -0.05) is 26.2 Å². The highest BCUT2D eigenvalue weighted by molar-refractivity contribution is 7.98. The van der Waals surface area contributed by atoms with Crippen LogP contribution in [0, 0.1) is 11.8 Å². The van der Waals surface area contributed by atoms with Crippen LogP contribution < -0.4 is 5.73 Å². The molecule has 0 heterocycles. The molecule has 1 rings (SSSR count). The molecule has 1 nitrogen and oxygen atoms in total. The van der Waals surface area contributed by atoms with Crippen LogP contribution in [0.1, 0.15) is 45.4 Å². The second kappa shape index (κ2) is 6.73. The first-order valence-electron chi connectivity index (χ1n) is 6.02. The molecule has 1 aliphatic carbocycles. The summed E-state index contributed by atoms with van der Waals surface area (Å²) in [5.41, 5.74) is 6.24. The summed E-state index contributed by atoms with van der Waals surface area (Å²) in [6.45, 7) is 2.32. The van der Waals surface area contributed by atoms with Crippen molar-refractivity contribution in [1.29, 1.82) is 0 Å². The Kier molecular flexibility index (Phi) is 5.95. The zero-order chi connectivity index (χ0) is 10.4. The Balaban J connectivity index is 2.27. The fourth-order valence-electron chi connectivity index (χ4n) is 2.58. The lowest BCUT2D eigenvalue weighted by Crippen LogP contribution is -2.34. The van der Waals surface area contributed by atoms with E-state index in [1.807, 2.05) is 11.8 Å². The zero-order valence-electron chi connectivity index (χ0n) is 9.67. The lowest BCUT2D eigenvalue weighted by molar-refractivity contribution is 0.227. The molecule has 0 bridgehead atoms. The molecule has 3 unspecified atom stereocenters. The smallest absolute Gasteiger partial charge is 0.00751 e. The Morgan fingerprint density at radius 1 is 1.43 bits per heavy atom. The maximum Gasteiger partial charge on any atom is 0.00751 e. The van der Waals surface area contributed by atoms with Crippen molar-refractivity contribution in [3.05, 3.63) is 0 Å². The molecule has 0 aromatic carbocycles. The van der Waals surface area contributed by atoms with Gasteiger partial charge in [-0.2, -0.15) is 11.8 Å². The molecular formula is C12H25NS. The molecule has 0 saturated heterocycles. The molecule has 1 aliphatic rings. The molecule has 2 N–H and O–H groups in total. The molecule has 14 heavy (non-hydrogen) atoms. The van der Waals surface area contributed by atoms with Gasteiger partial charge in [0.1, 0.15) is 0 Å². The summed E-state index contributed by atoms with van der Waals surface area (Å²) in [4.78, 5) is 0. The van der Waals surface area contributed by atoms with Crippen molar-refractivity contribution in [2.45, 2.75) is 51.5 Å². The zero-order valence-corrected chi connectivity index (χ0v) is 10.5. The summed E-state index contributed by atoms with van der Waals surface area (Å²) in [5.74, 6) is 3.02. The molecule has 0 aromatic rings. The van der Waals surface area contributed by atoms with Gasteiger partial charge in [0.05, 0.1) is 0 Å². The van der Waals surface area contributed by atoms with Crippen LogP contribution in [0.3, 0.4) is 0 Å². The number of hydrogen-bond acceptors (Lipinski definition) is 2. The summed E-state index contributed by atoms with van der Waals surface area (Å²) < 4.78 is 0. The average Bonchev–Trinajstić information content (AvgIpc) is 2.26. The van der Waals surface area contributed by atoms with Crippen molar-refractivity contribution >= 4 is 11.8 Å². The van der Waals surface area contributed by atoms with Gasteiger partial charge >= 0.3 is 0 Å². The lowest BCUT2D eigenvalue weighted by Gasteiger charge is -2.32. The largest absolute Gasteiger partial charge is 0.327 e. The van der Waals surface area contributed by atoms with Crippen LogP contribution in [0.5, 0.6) is 0 Å². The van der Waals surface area contributed by atoms with Gasteiger partial charge in [-0.15, -0.1) is 0 Å². The van der Waals surface area contributed by atoms with E-state index in [0.717, 1.165) is 11.8 Å². The van der Waals surface area contributed by atoms with Crippen LogP contribution in [0.25, 0.3) is 0 Å². The number of rotatable bonds is 5. The third-order valence-electron chi connectivity index (χ3n) is 3.66. The predicted octanol–water partition coefficient (Wildman–Crippen LogP) is 3.28. The third-order valence-corrected chi connectivity index (χ3v) is 4.31. The molecule has 0 amide bonds. The summed E-state index contributed by atoms with van der Waals surface area (Å²) >= 11 is 1.92. The van der Waals surface area contributed by atoms with Crippen molar-refractivity contribution in [1.82, 2.24) is 0 Å². The minimum absolute atomic E-state index is 0.469. The maximum atomic E-state index is 6.24. The summed E-state index contributed by atoms with van der Waals surface area (Å²) in [6.07, 6.45) is 10.4. The van der Waals surface area contributed by atoms with Gasteiger partial charge in [0.2, 0.25) is 0 Å². The minimum atomic E-state index is 0.469. The Bertz CT molecular complexity index is 149. The van der Waals surface area contributed by atoms with Crippen LogP contribution in [0.4, 0.5) is 0 Å². The first kappa shape index (κ1) is 12.4. The van der Waals surface area contributed by atoms with E-state index in [9.17, 15) is 0 Å². The van der Waals surface area contributed by atoms with Crippen LogP contribution >= 0.6 is 11.8 Å². The molecule has 2 heteroatoms. The van der Waals surface area contributed by atoms with E-state index in [1.165, 1.54) is 44.3 Å². The van der Waals surface area contributed by atoms with E-state index in [1.54, 1.807) is 0 Å². The van der Waals surface area contributed by atoms with Gasteiger partial charge in [0, 0.05) is 6.04 Å². The maximum absolute atomic E-state index is 6.24. The molecule has 3 atom stereocenters. The quantitative estimate of drug-likeness (QED) is 0.761. The molecule has 0 radical (unpaired) electrons. The first-order chi connectivity index (χ1) is 6.77. The highest BCUT2D eigenvalue weighted by Gasteiger charge is 2.24. The first-order valence-corrected chi connectivity index (χ1v) is 7.41. The highest BCUT2D eigenvalue weighted by atomic mass is 32.2. The van der Waals surface area contributed by atoms with E-state index >= 15 is 0 Å². The van der Waals surface area contributed by atoms with Crippen LogP contribution in [0.2, 0.25) is 0 Å². The van der Waals surface area contributed by atoms with Crippen molar-refractivity contribution in [3.8, 4) is 0 Å². The van der Waals surface area contributed by atoms with E-state index in [2.05, 4.69) is 13.2 Å². The normalized spacial score (nSPS) is 30.2. The Labute approximate surface area is 93.2 Å². The Hall–Kier alpha value is 0.310. The van der Waals surface area contributed by atoms with Crippen molar-refractivity contribution < 1.29 is 0 Å². The van der Waals surface area contributed by atoms with E-state index in [-0.39, 0.29) is 0 Å². The molecule has 84 valence electrons. The summed E-state index contributed by atoms with van der Waals surface area (Å²) in [7, 11) is 0. The van der Waals surface area contributed by atoms with Crippen LogP contribution in [-0.4, -0.2) is 18.1 Å². The predicted molar refractivity (Wildman–Crippen MR) is 66.7 cm³/mol. The SMILES string of the molecule is CCC1CCCC(C(N)CCSC)C1. The lowest BCUT2D eigenvalue weighted by atomic mass is 9.76. The summed E-state index contributed by atoms with van der Waals surface area (Å²) in [5, 5.41) is 0. The number of thioether (sulfide) groups is 1. The van der Waals surface area contributed by atoms with E-state index < -0.39 is 0 Å². The molecule has 1 saturated carbocycles.